The van der Waals surface area contributed by atoms with Crippen LogP contribution in [0.15, 0.2) is 16.6 Å². The van der Waals surface area contributed by atoms with Crippen molar-refractivity contribution < 1.29 is 4.39 Å². The molecule has 1 aromatic rings. The van der Waals surface area contributed by atoms with Gasteiger partial charge in [-0.25, -0.2) is 4.39 Å². The Kier molecular flexibility index (Phi) is 3.95. The second kappa shape index (κ2) is 5.25. The van der Waals surface area contributed by atoms with Gasteiger partial charge in [-0.15, -0.1) is 0 Å². The van der Waals surface area contributed by atoms with E-state index in [1.807, 2.05) is 12.1 Å². The number of nitrogens with one attached hydrogen (secondary N) is 1. The highest BCUT2D eigenvalue weighted by atomic mass is 79.9. The normalized spacial score (nSPS) is 17.7. The Balaban J connectivity index is 2.11. The van der Waals surface area contributed by atoms with Crippen molar-refractivity contribution in [1.82, 2.24) is 10.2 Å². The molecular formula is C12H16BrFN2. The van der Waals surface area contributed by atoms with E-state index in [2.05, 4.69) is 26.1 Å². The lowest BCUT2D eigenvalue weighted by molar-refractivity contribution is 0.230. The molecule has 1 aliphatic heterocycles. The zero-order valence-corrected chi connectivity index (χ0v) is 11.0. The van der Waals surface area contributed by atoms with Gasteiger partial charge in [0.05, 0.1) is 0 Å². The first-order chi connectivity index (χ1) is 7.68. The minimum atomic E-state index is -0.0760. The van der Waals surface area contributed by atoms with E-state index in [1.165, 1.54) is 0 Å². The number of hydrogen-bond donors (Lipinski definition) is 1. The molecule has 0 spiro atoms. The minimum Gasteiger partial charge on any atom is -0.314 e. The Labute approximate surface area is 104 Å². The minimum absolute atomic E-state index is 0.0760. The fourth-order valence-electron chi connectivity index (χ4n) is 1.95. The van der Waals surface area contributed by atoms with Gasteiger partial charge in [-0.3, -0.25) is 4.90 Å². The summed E-state index contributed by atoms with van der Waals surface area (Å²) in [4.78, 5) is 2.28. The summed E-state index contributed by atoms with van der Waals surface area (Å²) in [6.45, 7) is 6.50. The molecule has 1 heterocycles. The van der Waals surface area contributed by atoms with Crippen LogP contribution in [-0.4, -0.2) is 31.1 Å². The fraction of sp³-hybridized carbons (Fsp3) is 0.500. The van der Waals surface area contributed by atoms with E-state index in [-0.39, 0.29) is 5.82 Å². The van der Waals surface area contributed by atoms with Crippen molar-refractivity contribution in [2.45, 2.75) is 13.5 Å². The molecule has 1 N–H and O–H groups in total. The van der Waals surface area contributed by atoms with Gasteiger partial charge in [0.25, 0.3) is 0 Å². The van der Waals surface area contributed by atoms with Gasteiger partial charge in [0, 0.05) is 42.8 Å². The number of nitrogens with zero attached hydrogens (tertiary/aromatic N) is 1. The van der Waals surface area contributed by atoms with Crippen LogP contribution in [0.2, 0.25) is 0 Å². The van der Waals surface area contributed by atoms with Gasteiger partial charge >= 0.3 is 0 Å². The van der Waals surface area contributed by atoms with Crippen molar-refractivity contribution >= 4 is 15.9 Å². The molecule has 1 fully saturated rings. The topological polar surface area (TPSA) is 15.3 Å². The van der Waals surface area contributed by atoms with Gasteiger partial charge in [-0.1, -0.05) is 22.0 Å². The van der Waals surface area contributed by atoms with Crippen molar-refractivity contribution in [3.05, 3.63) is 33.5 Å². The van der Waals surface area contributed by atoms with Crippen LogP contribution in [0, 0.1) is 12.7 Å². The van der Waals surface area contributed by atoms with E-state index >= 15 is 0 Å². The van der Waals surface area contributed by atoms with Crippen LogP contribution >= 0.6 is 15.9 Å². The number of rotatable bonds is 2. The molecule has 0 amide bonds. The number of hydrogen-bond acceptors (Lipinski definition) is 2. The third-order valence-corrected chi connectivity index (χ3v) is 3.86. The predicted molar refractivity (Wildman–Crippen MR) is 67.0 cm³/mol. The first-order valence-corrected chi connectivity index (χ1v) is 6.34. The monoisotopic (exact) mass is 286 g/mol. The Morgan fingerprint density at radius 1 is 1.38 bits per heavy atom. The average molecular weight is 287 g/mol. The Hall–Kier alpha value is -0.450. The van der Waals surface area contributed by atoms with Gasteiger partial charge in [-0.2, -0.15) is 0 Å². The molecule has 2 rings (SSSR count). The Morgan fingerprint density at radius 3 is 2.75 bits per heavy atom. The molecule has 1 aromatic carbocycles. The van der Waals surface area contributed by atoms with Crippen LogP contribution < -0.4 is 5.32 Å². The van der Waals surface area contributed by atoms with Gasteiger partial charge in [0.2, 0.25) is 0 Å². The maximum Gasteiger partial charge on any atom is 0.131 e. The number of piperazine rings is 1. The summed E-state index contributed by atoms with van der Waals surface area (Å²) < 4.78 is 14.8. The summed E-state index contributed by atoms with van der Waals surface area (Å²) in [7, 11) is 0. The summed E-state index contributed by atoms with van der Waals surface area (Å²) in [6, 6.07) is 3.80. The van der Waals surface area contributed by atoms with Crippen molar-refractivity contribution in [2.75, 3.05) is 26.2 Å². The van der Waals surface area contributed by atoms with Gasteiger partial charge in [0.15, 0.2) is 0 Å². The summed E-state index contributed by atoms with van der Waals surface area (Å²) in [5.74, 6) is -0.0760. The summed E-state index contributed by atoms with van der Waals surface area (Å²) in [5.41, 5.74) is 1.50. The van der Waals surface area contributed by atoms with Gasteiger partial charge in [0.1, 0.15) is 5.82 Å². The van der Waals surface area contributed by atoms with Gasteiger partial charge in [-0.05, 0) is 18.6 Å². The summed E-state index contributed by atoms with van der Waals surface area (Å²) in [6.07, 6.45) is 0. The van der Waals surface area contributed by atoms with E-state index in [0.29, 0.717) is 12.1 Å². The largest absolute Gasteiger partial charge is 0.314 e. The van der Waals surface area contributed by atoms with E-state index in [4.69, 9.17) is 0 Å². The van der Waals surface area contributed by atoms with E-state index in [9.17, 15) is 4.39 Å². The third kappa shape index (κ3) is 2.62. The van der Waals surface area contributed by atoms with Crippen molar-refractivity contribution in [2.24, 2.45) is 0 Å². The molecule has 4 heteroatoms. The standard InChI is InChI=1S/C12H16BrFN2/c1-9-11(13)3-2-10(12(9)14)8-16-6-4-15-5-7-16/h2-3,15H,4-8H2,1H3. The zero-order chi connectivity index (χ0) is 11.5. The van der Waals surface area contributed by atoms with E-state index in [0.717, 1.165) is 36.2 Å². The first-order valence-electron chi connectivity index (χ1n) is 5.55. The molecular weight excluding hydrogens is 271 g/mol. The smallest absolute Gasteiger partial charge is 0.131 e. The van der Waals surface area contributed by atoms with E-state index in [1.54, 1.807) is 6.92 Å². The Morgan fingerprint density at radius 2 is 2.06 bits per heavy atom. The number of benzene rings is 1. The van der Waals surface area contributed by atoms with Crippen LogP contribution in [0.4, 0.5) is 4.39 Å². The van der Waals surface area contributed by atoms with Crippen LogP contribution in [0.1, 0.15) is 11.1 Å². The highest BCUT2D eigenvalue weighted by molar-refractivity contribution is 9.10. The lowest BCUT2D eigenvalue weighted by Crippen LogP contribution is -2.43. The predicted octanol–water partition coefficient (Wildman–Crippen LogP) is 2.30. The lowest BCUT2D eigenvalue weighted by Gasteiger charge is -2.27. The molecule has 2 nitrogen and oxygen atoms in total. The fourth-order valence-corrected chi connectivity index (χ4v) is 2.26. The summed E-state index contributed by atoms with van der Waals surface area (Å²) >= 11 is 3.34. The molecule has 0 aliphatic carbocycles. The second-order valence-electron chi connectivity index (χ2n) is 4.17. The highest BCUT2D eigenvalue weighted by Crippen LogP contribution is 2.22. The third-order valence-electron chi connectivity index (χ3n) is 3.00. The van der Waals surface area contributed by atoms with Crippen LogP contribution in [0.5, 0.6) is 0 Å². The molecule has 0 unspecified atom stereocenters. The molecule has 0 saturated carbocycles. The second-order valence-corrected chi connectivity index (χ2v) is 5.03. The van der Waals surface area contributed by atoms with Crippen LogP contribution in [0.25, 0.3) is 0 Å². The van der Waals surface area contributed by atoms with Crippen LogP contribution in [-0.2, 0) is 6.54 Å². The van der Waals surface area contributed by atoms with E-state index < -0.39 is 0 Å². The Bertz CT molecular complexity index is 376. The van der Waals surface area contributed by atoms with Crippen molar-refractivity contribution in [3.8, 4) is 0 Å². The number of halogens is 2. The molecule has 1 saturated heterocycles. The van der Waals surface area contributed by atoms with Crippen LogP contribution in [0.3, 0.4) is 0 Å². The SMILES string of the molecule is Cc1c(Br)ccc(CN2CCNCC2)c1F. The maximum absolute atomic E-state index is 13.9. The van der Waals surface area contributed by atoms with Crippen molar-refractivity contribution in [3.63, 3.8) is 0 Å². The van der Waals surface area contributed by atoms with Gasteiger partial charge < -0.3 is 5.32 Å². The molecule has 0 radical (unpaired) electrons. The quantitative estimate of drug-likeness (QED) is 0.898. The average Bonchev–Trinajstić information content (AvgIpc) is 2.31. The van der Waals surface area contributed by atoms with Crippen molar-refractivity contribution in [1.29, 1.82) is 0 Å². The molecule has 0 bridgehead atoms. The zero-order valence-electron chi connectivity index (χ0n) is 9.39. The molecule has 0 aromatic heterocycles. The highest BCUT2D eigenvalue weighted by Gasteiger charge is 2.14. The maximum atomic E-state index is 13.9. The molecule has 16 heavy (non-hydrogen) atoms. The lowest BCUT2D eigenvalue weighted by atomic mass is 10.1. The first kappa shape index (κ1) is 12.0. The molecule has 0 atom stereocenters. The summed E-state index contributed by atoms with van der Waals surface area (Å²) in [5, 5.41) is 3.29. The molecule has 88 valence electrons. The molecule has 1 aliphatic rings.